The SMILES string of the molecule is Cc1cncc(N2CCN(C(=O)Cc3ccccc3C)CC2)n1. The maximum Gasteiger partial charge on any atom is 0.227 e. The zero-order valence-electron chi connectivity index (χ0n) is 13.7. The van der Waals surface area contributed by atoms with Crippen molar-refractivity contribution in [1.82, 2.24) is 14.9 Å². The van der Waals surface area contributed by atoms with Crippen molar-refractivity contribution < 1.29 is 4.79 Å². The van der Waals surface area contributed by atoms with Gasteiger partial charge in [0, 0.05) is 32.4 Å². The number of rotatable bonds is 3. The number of carbonyl (C=O) groups excluding carboxylic acids is 1. The summed E-state index contributed by atoms with van der Waals surface area (Å²) in [5.41, 5.74) is 3.21. The van der Waals surface area contributed by atoms with E-state index < -0.39 is 0 Å². The number of aryl methyl sites for hydroxylation is 2. The third kappa shape index (κ3) is 3.67. The number of hydrogen-bond acceptors (Lipinski definition) is 4. The van der Waals surface area contributed by atoms with Crippen LogP contribution in [0.4, 0.5) is 5.82 Å². The first-order chi connectivity index (χ1) is 11.1. The Morgan fingerprint density at radius 2 is 1.83 bits per heavy atom. The van der Waals surface area contributed by atoms with Crippen molar-refractivity contribution in [2.45, 2.75) is 20.3 Å². The van der Waals surface area contributed by atoms with Crippen LogP contribution in [0.3, 0.4) is 0 Å². The van der Waals surface area contributed by atoms with Gasteiger partial charge in [-0.15, -0.1) is 0 Å². The summed E-state index contributed by atoms with van der Waals surface area (Å²) in [6.07, 6.45) is 4.03. The molecule has 0 atom stereocenters. The number of carbonyl (C=O) groups is 1. The molecule has 1 fully saturated rings. The predicted molar refractivity (Wildman–Crippen MR) is 90.4 cm³/mol. The van der Waals surface area contributed by atoms with Crippen molar-refractivity contribution >= 4 is 11.7 Å². The van der Waals surface area contributed by atoms with Gasteiger partial charge < -0.3 is 9.80 Å². The summed E-state index contributed by atoms with van der Waals surface area (Å²) >= 11 is 0. The molecule has 0 unspecified atom stereocenters. The Labute approximate surface area is 137 Å². The fourth-order valence-corrected chi connectivity index (χ4v) is 2.87. The van der Waals surface area contributed by atoms with E-state index in [0.717, 1.165) is 43.3 Å². The highest BCUT2D eigenvalue weighted by Crippen LogP contribution is 2.14. The molecule has 1 aromatic heterocycles. The van der Waals surface area contributed by atoms with Crippen molar-refractivity contribution in [2.24, 2.45) is 0 Å². The van der Waals surface area contributed by atoms with Crippen LogP contribution in [0.2, 0.25) is 0 Å². The molecule has 5 heteroatoms. The first-order valence-corrected chi connectivity index (χ1v) is 7.99. The van der Waals surface area contributed by atoms with E-state index >= 15 is 0 Å². The van der Waals surface area contributed by atoms with Crippen molar-refractivity contribution in [3.63, 3.8) is 0 Å². The summed E-state index contributed by atoms with van der Waals surface area (Å²) in [5.74, 6) is 1.10. The maximum absolute atomic E-state index is 12.5. The average Bonchev–Trinajstić information content (AvgIpc) is 2.57. The summed E-state index contributed by atoms with van der Waals surface area (Å²) in [6, 6.07) is 8.08. The van der Waals surface area contributed by atoms with Gasteiger partial charge in [0.2, 0.25) is 5.91 Å². The number of amides is 1. The highest BCUT2D eigenvalue weighted by molar-refractivity contribution is 5.79. The Morgan fingerprint density at radius 3 is 2.52 bits per heavy atom. The van der Waals surface area contributed by atoms with E-state index in [1.54, 1.807) is 12.4 Å². The Balaban J connectivity index is 1.58. The highest BCUT2D eigenvalue weighted by atomic mass is 16.2. The number of anilines is 1. The molecular weight excluding hydrogens is 288 g/mol. The van der Waals surface area contributed by atoms with Crippen molar-refractivity contribution in [3.8, 4) is 0 Å². The molecule has 1 aliphatic rings. The number of benzene rings is 1. The molecule has 0 saturated carbocycles. The van der Waals surface area contributed by atoms with Crippen LogP contribution in [0.15, 0.2) is 36.7 Å². The molecule has 120 valence electrons. The zero-order chi connectivity index (χ0) is 16.2. The Hall–Kier alpha value is -2.43. The first-order valence-electron chi connectivity index (χ1n) is 7.99. The van der Waals surface area contributed by atoms with Gasteiger partial charge in [-0.05, 0) is 25.0 Å². The smallest absolute Gasteiger partial charge is 0.227 e. The summed E-state index contributed by atoms with van der Waals surface area (Å²) in [5, 5.41) is 0. The lowest BCUT2D eigenvalue weighted by molar-refractivity contribution is -0.130. The van der Waals surface area contributed by atoms with Crippen LogP contribution in [-0.2, 0) is 11.2 Å². The van der Waals surface area contributed by atoms with Crippen LogP contribution in [0, 0.1) is 13.8 Å². The zero-order valence-corrected chi connectivity index (χ0v) is 13.7. The van der Waals surface area contributed by atoms with Gasteiger partial charge in [-0.1, -0.05) is 24.3 Å². The standard InChI is InChI=1S/C18H22N4O/c1-14-5-3-4-6-16(14)11-18(23)22-9-7-21(8-10-22)17-13-19-12-15(2)20-17/h3-6,12-13H,7-11H2,1-2H3. The Morgan fingerprint density at radius 1 is 1.09 bits per heavy atom. The van der Waals surface area contributed by atoms with E-state index in [1.165, 1.54) is 5.56 Å². The summed E-state index contributed by atoms with van der Waals surface area (Å²) < 4.78 is 0. The molecule has 2 heterocycles. The van der Waals surface area contributed by atoms with E-state index in [-0.39, 0.29) is 5.91 Å². The molecule has 0 aliphatic carbocycles. The largest absolute Gasteiger partial charge is 0.352 e. The normalized spacial score (nSPS) is 14.9. The molecule has 0 bridgehead atoms. The highest BCUT2D eigenvalue weighted by Gasteiger charge is 2.22. The van der Waals surface area contributed by atoms with Gasteiger partial charge in [-0.3, -0.25) is 9.78 Å². The van der Waals surface area contributed by atoms with Gasteiger partial charge in [-0.25, -0.2) is 4.98 Å². The minimum atomic E-state index is 0.203. The molecule has 1 amide bonds. The second-order valence-corrected chi connectivity index (χ2v) is 5.99. The third-order valence-corrected chi connectivity index (χ3v) is 4.30. The molecule has 1 aromatic carbocycles. The number of nitrogens with zero attached hydrogens (tertiary/aromatic N) is 4. The topological polar surface area (TPSA) is 49.3 Å². The van der Waals surface area contributed by atoms with Crippen LogP contribution in [0.1, 0.15) is 16.8 Å². The van der Waals surface area contributed by atoms with Gasteiger partial charge >= 0.3 is 0 Å². The van der Waals surface area contributed by atoms with E-state index in [1.807, 2.05) is 30.0 Å². The van der Waals surface area contributed by atoms with E-state index in [9.17, 15) is 4.79 Å². The molecule has 1 saturated heterocycles. The maximum atomic E-state index is 12.5. The lowest BCUT2D eigenvalue weighted by atomic mass is 10.1. The van der Waals surface area contributed by atoms with Crippen LogP contribution in [0.5, 0.6) is 0 Å². The number of aromatic nitrogens is 2. The predicted octanol–water partition coefficient (Wildman–Crippen LogP) is 1.98. The minimum absolute atomic E-state index is 0.203. The molecule has 2 aromatic rings. The van der Waals surface area contributed by atoms with Gasteiger partial charge in [0.15, 0.2) is 0 Å². The first kappa shape index (κ1) is 15.5. The quantitative estimate of drug-likeness (QED) is 0.870. The minimum Gasteiger partial charge on any atom is -0.352 e. The summed E-state index contributed by atoms with van der Waals surface area (Å²) in [4.78, 5) is 25.3. The molecule has 5 nitrogen and oxygen atoms in total. The average molecular weight is 310 g/mol. The van der Waals surface area contributed by atoms with Crippen molar-refractivity contribution in [2.75, 3.05) is 31.1 Å². The fourth-order valence-electron chi connectivity index (χ4n) is 2.87. The Kier molecular flexibility index (Phi) is 4.55. The fraction of sp³-hybridized carbons (Fsp3) is 0.389. The summed E-state index contributed by atoms with van der Waals surface area (Å²) in [6.45, 7) is 7.07. The molecular formula is C18H22N4O. The van der Waals surface area contributed by atoms with Gasteiger partial charge in [-0.2, -0.15) is 0 Å². The second kappa shape index (κ2) is 6.77. The lowest BCUT2D eigenvalue weighted by Crippen LogP contribution is -2.49. The molecule has 1 aliphatic heterocycles. The van der Waals surface area contributed by atoms with Gasteiger partial charge in [0.05, 0.1) is 18.3 Å². The monoisotopic (exact) mass is 310 g/mol. The van der Waals surface area contributed by atoms with Crippen LogP contribution in [-0.4, -0.2) is 47.0 Å². The lowest BCUT2D eigenvalue weighted by Gasteiger charge is -2.35. The van der Waals surface area contributed by atoms with E-state index in [4.69, 9.17) is 0 Å². The summed E-state index contributed by atoms with van der Waals surface area (Å²) in [7, 11) is 0. The van der Waals surface area contributed by atoms with E-state index in [0.29, 0.717) is 6.42 Å². The Bertz CT molecular complexity index is 693. The third-order valence-electron chi connectivity index (χ3n) is 4.30. The molecule has 23 heavy (non-hydrogen) atoms. The van der Waals surface area contributed by atoms with E-state index in [2.05, 4.69) is 27.9 Å². The van der Waals surface area contributed by atoms with Gasteiger partial charge in [0.1, 0.15) is 5.82 Å². The van der Waals surface area contributed by atoms with Crippen LogP contribution in [0.25, 0.3) is 0 Å². The molecule has 0 radical (unpaired) electrons. The molecule has 0 N–H and O–H groups in total. The van der Waals surface area contributed by atoms with Crippen molar-refractivity contribution in [1.29, 1.82) is 0 Å². The van der Waals surface area contributed by atoms with Crippen molar-refractivity contribution in [3.05, 3.63) is 53.5 Å². The molecule has 3 rings (SSSR count). The van der Waals surface area contributed by atoms with Crippen LogP contribution >= 0.6 is 0 Å². The molecule has 0 spiro atoms. The van der Waals surface area contributed by atoms with Crippen LogP contribution < -0.4 is 4.90 Å². The second-order valence-electron chi connectivity index (χ2n) is 5.99. The number of hydrogen-bond donors (Lipinski definition) is 0. The number of piperazine rings is 1. The van der Waals surface area contributed by atoms with Gasteiger partial charge in [0.25, 0.3) is 0 Å².